The first-order chi connectivity index (χ1) is 38.0. The maximum Gasteiger partial charge on any atom is 0.305 e. The monoisotopic (exact) mass is 1080 g/mol. The van der Waals surface area contributed by atoms with Crippen molar-refractivity contribution < 1.29 is 24.5 Å². The summed E-state index contributed by atoms with van der Waals surface area (Å²) in [4.78, 5) is 24.5. The Morgan fingerprint density at radius 2 is 0.610 bits per heavy atom. The first-order valence-electron chi connectivity index (χ1n) is 34.8. The van der Waals surface area contributed by atoms with Gasteiger partial charge in [0, 0.05) is 12.8 Å². The lowest BCUT2D eigenvalue weighted by molar-refractivity contribution is -0.143. The molecular formula is C71H135NO5. The second-order valence-electron chi connectivity index (χ2n) is 23.9. The number of rotatable bonds is 65. The molecule has 0 saturated heterocycles. The second kappa shape index (κ2) is 66.6. The molecule has 2 unspecified atom stereocenters. The highest BCUT2D eigenvalue weighted by Gasteiger charge is 2.18. The average Bonchev–Trinajstić information content (AvgIpc) is 3.43. The molecule has 0 aliphatic rings. The number of aliphatic hydroxyl groups is 2. The van der Waals surface area contributed by atoms with Gasteiger partial charge in [0.05, 0.1) is 25.4 Å². The SMILES string of the molecule is CCCCC/C=C\CCCCCCCC(=O)OCCCCCCCCCCCCCC/C=C\CCCCCCCCCCCCCCCCC(=O)NC(CO)C(O)/C=C/CCCCCCCCCCCCCCCCCC. The zero-order valence-corrected chi connectivity index (χ0v) is 52.0. The Morgan fingerprint density at radius 3 is 0.948 bits per heavy atom. The fourth-order valence-electron chi connectivity index (χ4n) is 10.8. The lowest BCUT2D eigenvalue weighted by Gasteiger charge is -2.20. The summed E-state index contributed by atoms with van der Waals surface area (Å²) in [6.07, 6.45) is 85.1. The summed E-state index contributed by atoms with van der Waals surface area (Å²) < 4.78 is 5.47. The van der Waals surface area contributed by atoms with E-state index < -0.39 is 12.1 Å². The highest BCUT2D eigenvalue weighted by atomic mass is 16.5. The smallest absolute Gasteiger partial charge is 0.305 e. The van der Waals surface area contributed by atoms with Crippen LogP contribution in [0, 0.1) is 0 Å². The number of nitrogens with one attached hydrogen (secondary N) is 1. The number of esters is 1. The number of carbonyl (C=O) groups is 2. The minimum atomic E-state index is -0.844. The first-order valence-corrected chi connectivity index (χ1v) is 34.8. The van der Waals surface area contributed by atoms with Gasteiger partial charge in [-0.3, -0.25) is 9.59 Å². The number of aliphatic hydroxyl groups excluding tert-OH is 2. The summed E-state index contributed by atoms with van der Waals surface area (Å²) >= 11 is 0. The molecule has 1 amide bonds. The van der Waals surface area contributed by atoms with Gasteiger partial charge >= 0.3 is 5.97 Å². The molecule has 0 saturated carbocycles. The van der Waals surface area contributed by atoms with Crippen molar-refractivity contribution in [2.75, 3.05) is 13.2 Å². The van der Waals surface area contributed by atoms with Gasteiger partial charge in [0.25, 0.3) is 0 Å². The summed E-state index contributed by atoms with van der Waals surface area (Å²) in [5.74, 6) is -0.0567. The maximum atomic E-state index is 12.5. The molecule has 0 heterocycles. The first kappa shape index (κ1) is 75.1. The van der Waals surface area contributed by atoms with Crippen molar-refractivity contribution in [3.8, 4) is 0 Å². The standard InChI is InChI=1S/C71H135NO5/c1-3-5-7-9-11-13-15-17-18-19-34-37-40-43-47-51-55-59-63-69(74)68(67-73)72-70(75)64-60-56-52-48-44-41-38-35-32-30-28-26-24-22-20-21-23-25-27-29-31-33-36-39-42-46-50-54-58-62-66-77-71(76)65-61-57-53-49-45-16-14-12-10-8-6-4-2/h12,14,21,23,59,63,68-69,73-74H,3-11,13,15-20,22,24-58,60-62,64-67H2,1-2H3,(H,72,75)/b14-12-,23-21-,63-59+. The van der Waals surface area contributed by atoms with E-state index in [0.717, 1.165) is 44.9 Å². The van der Waals surface area contributed by atoms with E-state index in [2.05, 4.69) is 43.5 Å². The lowest BCUT2D eigenvalue weighted by atomic mass is 10.0. The van der Waals surface area contributed by atoms with Gasteiger partial charge in [0.15, 0.2) is 0 Å². The van der Waals surface area contributed by atoms with Crippen LogP contribution < -0.4 is 5.32 Å². The van der Waals surface area contributed by atoms with Crippen molar-refractivity contribution in [3.05, 3.63) is 36.5 Å². The van der Waals surface area contributed by atoms with Gasteiger partial charge in [0.1, 0.15) is 0 Å². The molecule has 454 valence electrons. The van der Waals surface area contributed by atoms with Crippen molar-refractivity contribution in [2.45, 2.75) is 392 Å². The Hall–Kier alpha value is -1.92. The van der Waals surface area contributed by atoms with Crippen LogP contribution in [-0.4, -0.2) is 47.4 Å². The number of hydrogen-bond donors (Lipinski definition) is 3. The van der Waals surface area contributed by atoms with Gasteiger partial charge < -0.3 is 20.3 Å². The Labute approximate surface area is 481 Å². The number of ether oxygens (including phenoxy) is 1. The van der Waals surface area contributed by atoms with Crippen LogP contribution in [-0.2, 0) is 14.3 Å². The molecule has 0 radical (unpaired) electrons. The normalized spacial score (nSPS) is 12.7. The third-order valence-electron chi connectivity index (χ3n) is 16.1. The molecule has 0 bridgehead atoms. The van der Waals surface area contributed by atoms with E-state index in [4.69, 9.17) is 4.74 Å². The van der Waals surface area contributed by atoms with Crippen molar-refractivity contribution in [2.24, 2.45) is 0 Å². The van der Waals surface area contributed by atoms with Crippen molar-refractivity contribution in [1.29, 1.82) is 0 Å². The summed E-state index contributed by atoms with van der Waals surface area (Å²) in [6.45, 7) is 4.91. The lowest BCUT2D eigenvalue weighted by Crippen LogP contribution is -2.45. The fourth-order valence-corrected chi connectivity index (χ4v) is 10.8. The van der Waals surface area contributed by atoms with Crippen molar-refractivity contribution in [1.82, 2.24) is 5.32 Å². The summed E-state index contributed by atoms with van der Waals surface area (Å²) in [5.41, 5.74) is 0. The maximum absolute atomic E-state index is 12.5. The van der Waals surface area contributed by atoms with E-state index >= 15 is 0 Å². The summed E-state index contributed by atoms with van der Waals surface area (Å²) in [6, 6.07) is -0.627. The van der Waals surface area contributed by atoms with Crippen LogP contribution >= 0.6 is 0 Å². The zero-order valence-electron chi connectivity index (χ0n) is 52.0. The fraction of sp³-hybridized carbons (Fsp3) is 0.887. The van der Waals surface area contributed by atoms with Gasteiger partial charge in [-0.2, -0.15) is 0 Å². The molecule has 6 heteroatoms. The molecule has 6 nitrogen and oxygen atoms in total. The third kappa shape index (κ3) is 63.1. The van der Waals surface area contributed by atoms with E-state index in [9.17, 15) is 19.8 Å². The van der Waals surface area contributed by atoms with Crippen LogP contribution in [0.3, 0.4) is 0 Å². The second-order valence-corrected chi connectivity index (χ2v) is 23.9. The van der Waals surface area contributed by atoms with Crippen LogP contribution in [0.2, 0.25) is 0 Å². The van der Waals surface area contributed by atoms with E-state index in [1.165, 1.54) is 308 Å². The third-order valence-corrected chi connectivity index (χ3v) is 16.1. The van der Waals surface area contributed by atoms with Crippen LogP contribution in [0.1, 0.15) is 380 Å². The van der Waals surface area contributed by atoms with Crippen molar-refractivity contribution in [3.63, 3.8) is 0 Å². The number of unbranched alkanes of at least 4 members (excludes halogenated alkanes) is 50. The minimum absolute atomic E-state index is 0.00689. The molecular weight excluding hydrogens is 947 g/mol. The van der Waals surface area contributed by atoms with E-state index in [1.807, 2.05) is 6.08 Å². The molecule has 0 rings (SSSR count). The van der Waals surface area contributed by atoms with E-state index in [0.29, 0.717) is 19.4 Å². The number of hydrogen-bond acceptors (Lipinski definition) is 5. The quantitative estimate of drug-likeness (QED) is 0.0320. The van der Waals surface area contributed by atoms with Crippen LogP contribution in [0.15, 0.2) is 36.5 Å². The molecule has 0 aromatic carbocycles. The van der Waals surface area contributed by atoms with Crippen LogP contribution in [0.25, 0.3) is 0 Å². The molecule has 0 aliphatic heterocycles. The zero-order chi connectivity index (χ0) is 55.7. The Morgan fingerprint density at radius 1 is 0.351 bits per heavy atom. The van der Waals surface area contributed by atoms with Crippen LogP contribution in [0.5, 0.6) is 0 Å². The minimum Gasteiger partial charge on any atom is -0.466 e. The van der Waals surface area contributed by atoms with E-state index in [-0.39, 0.29) is 18.5 Å². The van der Waals surface area contributed by atoms with Gasteiger partial charge in [-0.1, -0.05) is 320 Å². The Bertz CT molecular complexity index is 1250. The largest absolute Gasteiger partial charge is 0.466 e. The molecule has 0 aromatic rings. The van der Waals surface area contributed by atoms with Gasteiger partial charge in [-0.15, -0.1) is 0 Å². The summed E-state index contributed by atoms with van der Waals surface area (Å²) in [5, 5.41) is 23.2. The van der Waals surface area contributed by atoms with Gasteiger partial charge in [0.2, 0.25) is 5.91 Å². The highest BCUT2D eigenvalue weighted by molar-refractivity contribution is 5.76. The Balaban J connectivity index is 3.39. The topological polar surface area (TPSA) is 95.9 Å². The molecule has 0 aliphatic carbocycles. The molecule has 77 heavy (non-hydrogen) atoms. The summed E-state index contributed by atoms with van der Waals surface area (Å²) in [7, 11) is 0. The molecule has 0 aromatic heterocycles. The van der Waals surface area contributed by atoms with Gasteiger partial charge in [-0.25, -0.2) is 0 Å². The average molecular weight is 1080 g/mol. The number of allylic oxidation sites excluding steroid dienone is 5. The molecule has 2 atom stereocenters. The molecule has 0 fully saturated rings. The highest BCUT2D eigenvalue weighted by Crippen LogP contribution is 2.18. The van der Waals surface area contributed by atoms with Crippen LogP contribution in [0.4, 0.5) is 0 Å². The predicted octanol–water partition coefficient (Wildman–Crippen LogP) is 22.3. The van der Waals surface area contributed by atoms with Gasteiger partial charge in [-0.05, 0) is 83.5 Å². The molecule has 0 spiro atoms. The number of amides is 1. The number of carbonyl (C=O) groups excluding carboxylic acids is 2. The Kier molecular flexibility index (Phi) is 64.9. The predicted molar refractivity (Wildman–Crippen MR) is 338 cm³/mol. The van der Waals surface area contributed by atoms with E-state index in [1.54, 1.807) is 6.08 Å². The molecule has 3 N–H and O–H groups in total. The van der Waals surface area contributed by atoms with Crippen molar-refractivity contribution >= 4 is 11.9 Å².